The summed E-state index contributed by atoms with van der Waals surface area (Å²) in [6, 6.07) is 7.25. The van der Waals surface area contributed by atoms with Gasteiger partial charge in [-0.1, -0.05) is 18.5 Å². The zero-order valence-corrected chi connectivity index (χ0v) is 14.9. The molecule has 3 rings (SSSR count). The summed E-state index contributed by atoms with van der Waals surface area (Å²) >= 11 is 5.95. The lowest BCUT2D eigenvalue weighted by molar-refractivity contribution is 0.118. The molecule has 1 fully saturated rings. The maximum atomic E-state index is 11.6. The molecule has 0 aliphatic heterocycles. The van der Waals surface area contributed by atoms with Crippen LogP contribution in [0.1, 0.15) is 37.8 Å². The maximum absolute atomic E-state index is 11.6. The highest BCUT2D eigenvalue weighted by molar-refractivity contribution is 6.30. The van der Waals surface area contributed by atoms with Crippen LogP contribution in [0.3, 0.4) is 0 Å². The standard InChI is InChI=1S/C18H19ClN2O4/c1-3-10-24-17-15(25-18(22)23-2)14(11-4-5-11)20-16(21-17)12-6-8-13(19)9-7-12/h6-9,11H,3-5,10H2,1-2H3. The highest BCUT2D eigenvalue weighted by Gasteiger charge is 2.33. The van der Waals surface area contributed by atoms with Crippen LogP contribution in [0.4, 0.5) is 4.79 Å². The molecule has 6 nitrogen and oxygen atoms in total. The Morgan fingerprint density at radius 1 is 1.24 bits per heavy atom. The van der Waals surface area contributed by atoms with Crippen molar-refractivity contribution in [1.82, 2.24) is 9.97 Å². The quantitative estimate of drug-likeness (QED) is 0.699. The number of hydrogen-bond donors (Lipinski definition) is 0. The average Bonchev–Trinajstić information content (AvgIpc) is 3.46. The molecule has 7 heteroatoms. The zero-order chi connectivity index (χ0) is 17.8. The minimum atomic E-state index is -0.814. The van der Waals surface area contributed by atoms with Crippen molar-refractivity contribution in [1.29, 1.82) is 0 Å². The molecule has 1 aliphatic rings. The van der Waals surface area contributed by atoms with Crippen LogP contribution in [0, 0.1) is 0 Å². The fourth-order valence-electron chi connectivity index (χ4n) is 2.33. The predicted molar refractivity (Wildman–Crippen MR) is 93.3 cm³/mol. The lowest BCUT2D eigenvalue weighted by atomic mass is 10.2. The fourth-order valence-corrected chi connectivity index (χ4v) is 2.45. The number of rotatable bonds is 6. The molecule has 0 atom stereocenters. The molecular formula is C18H19ClN2O4. The SMILES string of the molecule is CCCOc1nc(-c2ccc(Cl)cc2)nc(C2CC2)c1OC(=O)OC. The Kier molecular flexibility index (Phi) is 5.38. The van der Waals surface area contributed by atoms with E-state index in [1.807, 2.05) is 19.1 Å². The first-order chi connectivity index (χ1) is 12.1. The number of aromatic nitrogens is 2. The van der Waals surface area contributed by atoms with Gasteiger partial charge in [0.15, 0.2) is 5.82 Å². The Labute approximate surface area is 151 Å². The van der Waals surface area contributed by atoms with Gasteiger partial charge in [-0.05, 0) is 43.5 Å². The Hall–Kier alpha value is -2.34. The average molecular weight is 363 g/mol. The van der Waals surface area contributed by atoms with E-state index >= 15 is 0 Å². The first-order valence-electron chi connectivity index (χ1n) is 8.18. The van der Waals surface area contributed by atoms with Gasteiger partial charge in [0.2, 0.25) is 5.75 Å². The van der Waals surface area contributed by atoms with E-state index in [9.17, 15) is 4.79 Å². The van der Waals surface area contributed by atoms with Crippen LogP contribution < -0.4 is 9.47 Å². The van der Waals surface area contributed by atoms with Crippen LogP contribution in [0.2, 0.25) is 5.02 Å². The summed E-state index contributed by atoms with van der Waals surface area (Å²) in [7, 11) is 1.26. The highest BCUT2D eigenvalue weighted by Crippen LogP contribution is 2.46. The summed E-state index contributed by atoms with van der Waals surface area (Å²) in [5.41, 5.74) is 1.49. The molecule has 0 radical (unpaired) electrons. The Balaban J connectivity index is 2.06. The summed E-state index contributed by atoms with van der Waals surface area (Å²) in [4.78, 5) is 20.7. The van der Waals surface area contributed by atoms with Gasteiger partial charge in [-0.3, -0.25) is 0 Å². The second kappa shape index (κ2) is 7.70. The molecule has 25 heavy (non-hydrogen) atoms. The molecular weight excluding hydrogens is 344 g/mol. The summed E-state index contributed by atoms with van der Waals surface area (Å²) in [5, 5.41) is 0.638. The van der Waals surface area contributed by atoms with E-state index in [-0.39, 0.29) is 17.5 Å². The Morgan fingerprint density at radius 2 is 1.96 bits per heavy atom. The van der Waals surface area contributed by atoms with Gasteiger partial charge in [0, 0.05) is 16.5 Å². The van der Waals surface area contributed by atoms with Gasteiger partial charge >= 0.3 is 6.16 Å². The number of ether oxygens (including phenoxy) is 3. The van der Waals surface area contributed by atoms with Crippen LogP contribution in [0.15, 0.2) is 24.3 Å². The minimum absolute atomic E-state index is 0.234. The third kappa shape index (κ3) is 4.20. The summed E-state index contributed by atoms with van der Waals surface area (Å²) < 4.78 is 15.6. The molecule has 1 aromatic heterocycles. The zero-order valence-electron chi connectivity index (χ0n) is 14.1. The molecule has 0 saturated heterocycles. The molecule has 0 N–H and O–H groups in total. The molecule has 0 amide bonds. The Bertz CT molecular complexity index is 760. The van der Waals surface area contributed by atoms with Crippen LogP contribution in [-0.2, 0) is 4.74 Å². The topological polar surface area (TPSA) is 70.5 Å². The molecule has 2 aromatic rings. The number of hydrogen-bond acceptors (Lipinski definition) is 6. The van der Waals surface area contributed by atoms with Crippen LogP contribution in [-0.4, -0.2) is 29.8 Å². The van der Waals surface area contributed by atoms with Gasteiger partial charge in [0.25, 0.3) is 5.88 Å². The number of benzene rings is 1. The molecule has 0 bridgehead atoms. The number of carbonyl (C=O) groups excluding carboxylic acids is 1. The van der Waals surface area contributed by atoms with Gasteiger partial charge in [-0.2, -0.15) is 4.98 Å². The Morgan fingerprint density at radius 3 is 2.56 bits per heavy atom. The van der Waals surface area contributed by atoms with Crippen molar-refractivity contribution in [3.8, 4) is 23.0 Å². The van der Waals surface area contributed by atoms with Crippen molar-refractivity contribution in [2.45, 2.75) is 32.1 Å². The maximum Gasteiger partial charge on any atom is 0.513 e. The van der Waals surface area contributed by atoms with Gasteiger partial charge in [-0.15, -0.1) is 0 Å². The van der Waals surface area contributed by atoms with E-state index < -0.39 is 6.16 Å². The number of methoxy groups -OCH3 is 1. The molecule has 1 aliphatic carbocycles. The monoisotopic (exact) mass is 362 g/mol. The third-order valence-corrected chi connectivity index (χ3v) is 3.97. The van der Waals surface area contributed by atoms with Crippen molar-refractivity contribution < 1.29 is 19.0 Å². The van der Waals surface area contributed by atoms with Gasteiger partial charge in [0.05, 0.1) is 19.4 Å². The van der Waals surface area contributed by atoms with E-state index in [1.165, 1.54) is 7.11 Å². The lowest BCUT2D eigenvalue weighted by Gasteiger charge is -2.14. The van der Waals surface area contributed by atoms with Crippen LogP contribution >= 0.6 is 11.6 Å². The second-order valence-corrected chi connectivity index (χ2v) is 6.19. The number of nitrogens with zero attached hydrogens (tertiary/aromatic N) is 2. The normalized spacial score (nSPS) is 13.4. The second-order valence-electron chi connectivity index (χ2n) is 5.75. The van der Waals surface area contributed by atoms with E-state index in [0.29, 0.717) is 23.1 Å². The summed E-state index contributed by atoms with van der Waals surface area (Å²) in [6.45, 7) is 2.45. The third-order valence-electron chi connectivity index (χ3n) is 3.72. The smallest absolute Gasteiger partial charge is 0.475 e. The van der Waals surface area contributed by atoms with Crippen molar-refractivity contribution in [3.63, 3.8) is 0 Å². The van der Waals surface area contributed by atoms with Crippen molar-refractivity contribution in [2.24, 2.45) is 0 Å². The molecule has 0 unspecified atom stereocenters. The first-order valence-corrected chi connectivity index (χ1v) is 8.56. The fraction of sp³-hybridized carbons (Fsp3) is 0.389. The number of halogens is 1. The van der Waals surface area contributed by atoms with Crippen molar-refractivity contribution in [3.05, 3.63) is 35.0 Å². The van der Waals surface area contributed by atoms with E-state index in [0.717, 1.165) is 24.8 Å². The van der Waals surface area contributed by atoms with Crippen LogP contribution in [0.5, 0.6) is 11.6 Å². The van der Waals surface area contributed by atoms with Gasteiger partial charge in [-0.25, -0.2) is 9.78 Å². The molecule has 0 spiro atoms. The van der Waals surface area contributed by atoms with Crippen molar-refractivity contribution >= 4 is 17.8 Å². The summed E-state index contributed by atoms with van der Waals surface area (Å²) in [6.07, 6.45) is 1.96. The number of carbonyl (C=O) groups is 1. The first kappa shape index (κ1) is 17.5. The van der Waals surface area contributed by atoms with E-state index in [1.54, 1.807) is 12.1 Å². The summed E-state index contributed by atoms with van der Waals surface area (Å²) in [5.74, 6) is 1.26. The molecule has 1 saturated carbocycles. The predicted octanol–water partition coefficient (Wildman–Crippen LogP) is 4.61. The van der Waals surface area contributed by atoms with Gasteiger partial charge < -0.3 is 14.2 Å². The molecule has 1 heterocycles. The molecule has 132 valence electrons. The minimum Gasteiger partial charge on any atom is -0.475 e. The van der Waals surface area contributed by atoms with E-state index in [2.05, 4.69) is 14.7 Å². The largest absolute Gasteiger partial charge is 0.513 e. The van der Waals surface area contributed by atoms with Crippen molar-refractivity contribution in [2.75, 3.05) is 13.7 Å². The van der Waals surface area contributed by atoms with E-state index in [4.69, 9.17) is 21.1 Å². The molecule has 1 aromatic carbocycles. The lowest BCUT2D eigenvalue weighted by Crippen LogP contribution is -2.13. The highest BCUT2D eigenvalue weighted by atomic mass is 35.5. The van der Waals surface area contributed by atoms with Gasteiger partial charge in [0.1, 0.15) is 0 Å². The van der Waals surface area contributed by atoms with Crippen LogP contribution in [0.25, 0.3) is 11.4 Å².